The lowest BCUT2D eigenvalue weighted by Gasteiger charge is -2.26. The SMILES string of the molecule is CCOc1ccc2c(c1)C(=O)CCC2c1ccc(Cl)c(Cl)c1. The van der Waals surface area contributed by atoms with Gasteiger partial charge in [-0.3, -0.25) is 4.79 Å². The zero-order chi connectivity index (χ0) is 15.7. The third kappa shape index (κ3) is 2.86. The van der Waals surface area contributed by atoms with Gasteiger partial charge in [-0.05, 0) is 48.7 Å². The summed E-state index contributed by atoms with van der Waals surface area (Å²) in [7, 11) is 0. The Morgan fingerprint density at radius 1 is 1.14 bits per heavy atom. The molecule has 2 nitrogen and oxygen atoms in total. The van der Waals surface area contributed by atoms with Crippen molar-refractivity contribution < 1.29 is 9.53 Å². The number of hydrogen-bond donors (Lipinski definition) is 0. The van der Waals surface area contributed by atoms with Gasteiger partial charge in [0.1, 0.15) is 5.75 Å². The molecule has 0 aliphatic heterocycles. The number of carbonyl (C=O) groups is 1. The minimum atomic E-state index is 0.165. The zero-order valence-corrected chi connectivity index (χ0v) is 13.7. The molecule has 0 saturated carbocycles. The minimum Gasteiger partial charge on any atom is -0.494 e. The molecule has 0 spiro atoms. The number of halogens is 2. The minimum absolute atomic E-state index is 0.165. The van der Waals surface area contributed by atoms with E-state index in [4.69, 9.17) is 27.9 Å². The van der Waals surface area contributed by atoms with E-state index in [-0.39, 0.29) is 11.7 Å². The van der Waals surface area contributed by atoms with E-state index in [9.17, 15) is 4.79 Å². The molecular weight excluding hydrogens is 319 g/mol. The normalized spacial score (nSPS) is 17.2. The molecule has 3 rings (SSSR count). The molecule has 1 aliphatic rings. The number of ether oxygens (including phenoxy) is 1. The van der Waals surface area contributed by atoms with Crippen LogP contribution in [0.2, 0.25) is 10.0 Å². The summed E-state index contributed by atoms with van der Waals surface area (Å²) in [6.45, 7) is 2.52. The Balaban J connectivity index is 2.04. The molecule has 0 amide bonds. The molecule has 2 aromatic carbocycles. The van der Waals surface area contributed by atoms with Crippen LogP contribution in [0.4, 0.5) is 0 Å². The number of ketones is 1. The maximum Gasteiger partial charge on any atom is 0.163 e. The number of rotatable bonds is 3. The van der Waals surface area contributed by atoms with Crippen molar-refractivity contribution in [1.82, 2.24) is 0 Å². The molecule has 0 fully saturated rings. The standard InChI is InChI=1S/C18H16Cl2O2/c1-2-22-12-4-5-14-13(6-8-18(21)15(14)10-12)11-3-7-16(19)17(20)9-11/h3-5,7,9-10,13H,2,6,8H2,1H3. The van der Waals surface area contributed by atoms with Crippen LogP contribution in [0.25, 0.3) is 0 Å². The zero-order valence-electron chi connectivity index (χ0n) is 12.2. The lowest BCUT2D eigenvalue weighted by molar-refractivity contribution is 0.0969. The summed E-state index contributed by atoms with van der Waals surface area (Å²) in [5, 5.41) is 1.09. The molecule has 1 atom stereocenters. The van der Waals surface area contributed by atoms with Gasteiger partial charge < -0.3 is 4.74 Å². The van der Waals surface area contributed by atoms with Crippen LogP contribution in [0.15, 0.2) is 36.4 Å². The third-order valence-corrected chi connectivity index (χ3v) is 4.76. The van der Waals surface area contributed by atoms with E-state index in [2.05, 4.69) is 0 Å². The van der Waals surface area contributed by atoms with Gasteiger partial charge in [-0.2, -0.15) is 0 Å². The molecule has 0 heterocycles. The quantitative estimate of drug-likeness (QED) is 0.740. The fourth-order valence-electron chi connectivity index (χ4n) is 2.98. The van der Waals surface area contributed by atoms with Crippen molar-refractivity contribution in [3.63, 3.8) is 0 Å². The Kier molecular flexibility index (Phi) is 4.42. The van der Waals surface area contributed by atoms with E-state index < -0.39 is 0 Å². The molecule has 0 radical (unpaired) electrons. The molecule has 4 heteroatoms. The molecule has 22 heavy (non-hydrogen) atoms. The average Bonchev–Trinajstić information content (AvgIpc) is 2.51. The first-order valence-corrected chi connectivity index (χ1v) is 8.10. The van der Waals surface area contributed by atoms with E-state index in [0.29, 0.717) is 23.1 Å². The molecule has 0 N–H and O–H groups in total. The highest BCUT2D eigenvalue weighted by Gasteiger charge is 2.27. The maximum absolute atomic E-state index is 12.2. The summed E-state index contributed by atoms with van der Waals surface area (Å²) < 4.78 is 5.51. The first-order valence-electron chi connectivity index (χ1n) is 7.35. The summed E-state index contributed by atoms with van der Waals surface area (Å²) in [4.78, 5) is 12.2. The van der Waals surface area contributed by atoms with Crippen LogP contribution in [-0.4, -0.2) is 12.4 Å². The Morgan fingerprint density at radius 2 is 1.95 bits per heavy atom. The Labute approximate surface area is 140 Å². The van der Waals surface area contributed by atoms with Crippen molar-refractivity contribution in [1.29, 1.82) is 0 Å². The smallest absolute Gasteiger partial charge is 0.163 e. The van der Waals surface area contributed by atoms with Crippen LogP contribution in [-0.2, 0) is 0 Å². The molecule has 1 aliphatic carbocycles. The summed E-state index contributed by atoms with van der Waals surface area (Å²) in [5.74, 6) is 1.08. The summed E-state index contributed by atoms with van der Waals surface area (Å²) in [5.41, 5.74) is 2.89. The molecule has 114 valence electrons. The van der Waals surface area contributed by atoms with Gasteiger partial charge in [0.2, 0.25) is 0 Å². The van der Waals surface area contributed by atoms with Gasteiger partial charge in [-0.25, -0.2) is 0 Å². The number of carbonyl (C=O) groups excluding carboxylic acids is 1. The van der Waals surface area contributed by atoms with E-state index in [0.717, 1.165) is 28.9 Å². The fourth-order valence-corrected chi connectivity index (χ4v) is 3.28. The highest BCUT2D eigenvalue weighted by molar-refractivity contribution is 6.42. The first kappa shape index (κ1) is 15.4. The van der Waals surface area contributed by atoms with Crippen molar-refractivity contribution in [3.05, 3.63) is 63.1 Å². The molecule has 0 aromatic heterocycles. The van der Waals surface area contributed by atoms with Gasteiger partial charge in [0.25, 0.3) is 0 Å². The monoisotopic (exact) mass is 334 g/mol. The first-order chi connectivity index (χ1) is 10.6. The Bertz CT molecular complexity index is 725. The highest BCUT2D eigenvalue weighted by atomic mass is 35.5. The van der Waals surface area contributed by atoms with E-state index in [1.54, 1.807) is 0 Å². The van der Waals surface area contributed by atoms with E-state index in [1.165, 1.54) is 0 Å². The molecule has 1 unspecified atom stereocenters. The summed E-state index contributed by atoms with van der Waals surface area (Å²) >= 11 is 12.1. The van der Waals surface area contributed by atoms with Gasteiger partial charge in [0.15, 0.2) is 5.78 Å². The predicted molar refractivity (Wildman–Crippen MR) is 89.5 cm³/mol. The lowest BCUT2D eigenvalue weighted by Crippen LogP contribution is -2.16. The van der Waals surface area contributed by atoms with Gasteiger partial charge in [0.05, 0.1) is 16.7 Å². The van der Waals surface area contributed by atoms with Gasteiger partial charge in [0, 0.05) is 17.9 Å². The topological polar surface area (TPSA) is 26.3 Å². The molecule has 0 saturated heterocycles. The van der Waals surface area contributed by atoms with E-state index in [1.807, 2.05) is 43.3 Å². The lowest BCUT2D eigenvalue weighted by atomic mass is 9.78. The highest BCUT2D eigenvalue weighted by Crippen LogP contribution is 2.39. The number of Topliss-reactive ketones (excluding diaryl/α,β-unsaturated/α-hetero) is 1. The van der Waals surface area contributed by atoms with Crippen LogP contribution in [0.3, 0.4) is 0 Å². The second-order valence-electron chi connectivity index (χ2n) is 5.37. The van der Waals surface area contributed by atoms with Crippen molar-refractivity contribution in [2.24, 2.45) is 0 Å². The fraction of sp³-hybridized carbons (Fsp3) is 0.278. The van der Waals surface area contributed by atoms with Crippen molar-refractivity contribution in [3.8, 4) is 5.75 Å². The Morgan fingerprint density at radius 3 is 2.68 bits per heavy atom. The molecule has 0 bridgehead atoms. The van der Waals surface area contributed by atoms with Crippen LogP contribution < -0.4 is 4.74 Å². The second-order valence-corrected chi connectivity index (χ2v) is 6.18. The summed E-state index contributed by atoms with van der Waals surface area (Å²) in [6, 6.07) is 11.4. The maximum atomic E-state index is 12.2. The van der Waals surface area contributed by atoms with Crippen molar-refractivity contribution >= 4 is 29.0 Å². The third-order valence-electron chi connectivity index (χ3n) is 4.02. The average molecular weight is 335 g/mol. The van der Waals surface area contributed by atoms with Gasteiger partial charge >= 0.3 is 0 Å². The number of hydrogen-bond acceptors (Lipinski definition) is 2. The van der Waals surface area contributed by atoms with Gasteiger partial charge in [-0.15, -0.1) is 0 Å². The number of fused-ring (bicyclic) bond motifs is 1. The van der Waals surface area contributed by atoms with Crippen LogP contribution in [0, 0.1) is 0 Å². The Hall–Kier alpha value is -1.51. The molecular formula is C18H16Cl2O2. The van der Waals surface area contributed by atoms with Crippen LogP contribution in [0.5, 0.6) is 5.75 Å². The van der Waals surface area contributed by atoms with Crippen LogP contribution in [0.1, 0.15) is 47.2 Å². The van der Waals surface area contributed by atoms with Crippen molar-refractivity contribution in [2.75, 3.05) is 6.61 Å². The summed E-state index contributed by atoms with van der Waals surface area (Å²) in [6.07, 6.45) is 1.32. The van der Waals surface area contributed by atoms with Gasteiger partial charge in [-0.1, -0.05) is 35.3 Å². The molecule has 2 aromatic rings. The van der Waals surface area contributed by atoms with Crippen molar-refractivity contribution in [2.45, 2.75) is 25.7 Å². The predicted octanol–water partition coefficient (Wildman–Crippen LogP) is 5.50. The van der Waals surface area contributed by atoms with Crippen LogP contribution >= 0.6 is 23.2 Å². The largest absolute Gasteiger partial charge is 0.494 e. The van der Waals surface area contributed by atoms with E-state index >= 15 is 0 Å². The second kappa shape index (κ2) is 6.31. The number of benzene rings is 2.